The number of rotatable bonds is 7. The van der Waals surface area contributed by atoms with Gasteiger partial charge in [-0.3, -0.25) is 9.59 Å². The zero-order valence-corrected chi connectivity index (χ0v) is 21.9. The fraction of sp³-hybridized carbons (Fsp3) is 0.276. The summed E-state index contributed by atoms with van der Waals surface area (Å²) in [6.07, 6.45) is 6.63. The molecule has 0 N–H and O–H groups in total. The van der Waals surface area contributed by atoms with Gasteiger partial charge in [-0.15, -0.1) is 0 Å². The van der Waals surface area contributed by atoms with Crippen molar-refractivity contribution in [2.75, 3.05) is 6.61 Å². The first-order valence-corrected chi connectivity index (χ1v) is 13.3. The predicted octanol–water partition coefficient (Wildman–Crippen LogP) is 5.56. The zero-order valence-electron chi connectivity index (χ0n) is 19.8. The minimum Gasteiger partial charge on any atom is -0.490 e. The minimum absolute atomic E-state index is 0.167. The van der Waals surface area contributed by atoms with E-state index in [2.05, 4.69) is 64.1 Å². The Morgan fingerprint density at radius 3 is 2.47 bits per heavy atom. The topological polar surface area (TPSA) is 68.2 Å². The molecule has 1 saturated heterocycles. The van der Waals surface area contributed by atoms with Gasteiger partial charge in [0.1, 0.15) is 6.61 Å². The van der Waals surface area contributed by atoms with Gasteiger partial charge in [0.25, 0.3) is 11.8 Å². The molecule has 1 saturated carbocycles. The van der Waals surface area contributed by atoms with Crippen molar-refractivity contribution in [1.82, 2.24) is 5.01 Å². The summed E-state index contributed by atoms with van der Waals surface area (Å²) in [4.78, 5) is 25.8. The largest absolute Gasteiger partial charge is 0.490 e. The van der Waals surface area contributed by atoms with Crippen LogP contribution in [0.4, 0.5) is 0 Å². The van der Waals surface area contributed by atoms with E-state index in [4.69, 9.17) is 9.47 Å². The number of halogens is 1. The number of imide groups is 1. The molecule has 0 unspecified atom stereocenters. The number of amides is 2. The molecule has 7 heteroatoms. The van der Waals surface area contributed by atoms with E-state index < -0.39 is 0 Å². The van der Waals surface area contributed by atoms with Gasteiger partial charge in [0.15, 0.2) is 11.5 Å². The number of hydrogen-bond donors (Lipinski definition) is 0. The molecule has 6 nitrogen and oxygen atoms in total. The Bertz CT molecular complexity index is 1400. The van der Waals surface area contributed by atoms with Crippen molar-refractivity contribution < 1.29 is 19.1 Å². The van der Waals surface area contributed by atoms with E-state index in [0.29, 0.717) is 24.7 Å². The molecule has 1 aliphatic heterocycles. The molecule has 0 radical (unpaired) electrons. The zero-order chi connectivity index (χ0) is 24.8. The van der Waals surface area contributed by atoms with Crippen molar-refractivity contribution in [1.29, 1.82) is 0 Å². The molecule has 2 bridgehead atoms. The molecule has 2 amide bonds. The average Bonchev–Trinajstić information content (AvgIpc) is 3.56. The second-order valence-electron chi connectivity index (χ2n) is 9.42. The summed E-state index contributed by atoms with van der Waals surface area (Å²) in [5.74, 6) is 0.709. The van der Waals surface area contributed by atoms with Crippen LogP contribution in [0.1, 0.15) is 24.5 Å². The third-order valence-electron chi connectivity index (χ3n) is 7.35. The predicted molar refractivity (Wildman–Crippen MR) is 146 cm³/mol. The second kappa shape index (κ2) is 9.35. The quantitative estimate of drug-likeness (QED) is 0.156. The molecule has 36 heavy (non-hydrogen) atoms. The summed E-state index contributed by atoms with van der Waals surface area (Å²) in [6, 6.07) is 18.2. The van der Waals surface area contributed by atoms with Crippen LogP contribution < -0.4 is 9.47 Å². The van der Waals surface area contributed by atoms with E-state index in [0.717, 1.165) is 31.5 Å². The molecule has 1 heterocycles. The fourth-order valence-corrected chi connectivity index (χ4v) is 6.54. The third kappa shape index (κ3) is 3.89. The summed E-state index contributed by atoms with van der Waals surface area (Å²) in [6.45, 7) is 2.80. The van der Waals surface area contributed by atoms with Crippen LogP contribution in [0.3, 0.4) is 0 Å². The molecular weight excluding hydrogens is 567 g/mol. The van der Waals surface area contributed by atoms with Gasteiger partial charge in [0, 0.05) is 0 Å². The molecule has 2 aliphatic carbocycles. The first-order valence-electron chi connectivity index (χ1n) is 12.2. The Morgan fingerprint density at radius 2 is 1.72 bits per heavy atom. The Kier molecular flexibility index (Phi) is 6.03. The molecule has 0 spiro atoms. The number of allylic oxidation sites excluding steroid dienone is 2. The summed E-state index contributed by atoms with van der Waals surface area (Å²) in [5.41, 5.74) is 1.83. The highest BCUT2D eigenvalue weighted by atomic mass is 127. The molecule has 0 aromatic heterocycles. The van der Waals surface area contributed by atoms with Gasteiger partial charge in [-0.05, 0) is 81.8 Å². The molecule has 182 valence electrons. The average molecular weight is 592 g/mol. The van der Waals surface area contributed by atoms with E-state index in [1.54, 1.807) is 6.21 Å². The first-order chi connectivity index (χ1) is 17.5. The summed E-state index contributed by atoms with van der Waals surface area (Å²) in [7, 11) is 0. The Hall–Kier alpha value is -3.20. The molecule has 6 rings (SSSR count). The van der Waals surface area contributed by atoms with Crippen molar-refractivity contribution in [3.05, 3.63) is 81.4 Å². The van der Waals surface area contributed by atoms with E-state index in [-0.39, 0.29) is 35.5 Å². The smallest absolute Gasteiger partial charge is 0.254 e. The molecule has 2 fully saturated rings. The maximum Gasteiger partial charge on any atom is 0.254 e. The van der Waals surface area contributed by atoms with Gasteiger partial charge in [-0.1, -0.05) is 54.6 Å². The van der Waals surface area contributed by atoms with Crippen LogP contribution in [0, 0.1) is 27.2 Å². The first kappa shape index (κ1) is 23.2. The van der Waals surface area contributed by atoms with E-state index in [1.807, 2.05) is 37.3 Å². The number of carbonyl (C=O) groups is 2. The normalized spacial score (nSPS) is 24.3. The number of ether oxygens (including phenoxy) is 2. The van der Waals surface area contributed by atoms with Crippen molar-refractivity contribution in [2.45, 2.75) is 20.0 Å². The molecule has 3 aromatic rings. The van der Waals surface area contributed by atoms with Crippen LogP contribution >= 0.6 is 22.6 Å². The van der Waals surface area contributed by atoms with E-state index in [9.17, 15) is 9.59 Å². The van der Waals surface area contributed by atoms with Crippen molar-refractivity contribution >= 4 is 51.4 Å². The van der Waals surface area contributed by atoms with Gasteiger partial charge >= 0.3 is 0 Å². The van der Waals surface area contributed by atoms with Gasteiger partial charge in [-0.2, -0.15) is 10.1 Å². The maximum absolute atomic E-state index is 12.9. The minimum atomic E-state index is -0.256. The summed E-state index contributed by atoms with van der Waals surface area (Å²) in [5, 5.41) is 7.71. The van der Waals surface area contributed by atoms with Gasteiger partial charge in [-0.25, -0.2) is 0 Å². The highest BCUT2D eigenvalue weighted by molar-refractivity contribution is 14.1. The van der Waals surface area contributed by atoms with E-state index in [1.165, 1.54) is 5.39 Å². The van der Waals surface area contributed by atoms with Crippen LogP contribution in [0.25, 0.3) is 10.8 Å². The van der Waals surface area contributed by atoms with E-state index >= 15 is 0 Å². The SMILES string of the molecule is CCOc1cc(/C=N\N2C(=O)[C@H]3[C@H](C2=O)[C@H]2C=C[C@H]3C2)cc(I)c1OCc1cccc2ccccc12. The molecular formula is C29H25IN2O4. The Labute approximate surface area is 223 Å². The fourth-order valence-electron chi connectivity index (χ4n) is 5.76. The van der Waals surface area contributed by atoms with Gasteiger partial charge in [0.05, 0.1) is 28.2 Å². The molecule has 4 atom stereocenters. The number of fused-ring (bicyclic) bond motifs is 6. The van der Waals surface area contributed by atoms with Crippen LogP contribution in [-0.4, -0.2) is 29.6 Å². The van der Waals surface area contributed by atoms with Crippen LogP contribution in [-0.2, 0) is 16.2 Å². The number of hydrazone groups is 1. The standard InChI is InChI=1S/C29H25IN2O4/c1-2-35-24-13-17(15-31-32-28(33)25-19-10-11-20(14-19)26(25)29(32)34)12-23(30)27(24)36-16-21-8-5-7-18-6-3-4-9-22(18)21/h3-13,15,19-20,25-26H,2,14,16H2,1H3/b31-15-/t19-,20-,25+,26+/m0/s1. The Balaban J connectivity index is 1.23. The number of hydrogen-bond acceptors (Lipinski definition) is 5. The van der Waals surface area contributed by atoms with Crippen LogP contribution in [0.5, 0.6) is 11.5 Å². The van der Waals surface area contributed by atoms with Gasteiger partial charge < -0.3 is 9.47 Å². The number of carbonyl (C=O) groups excluding carboxylic acids is 2. The van der Waals surface area contributed by atoms with Crippen molar-refractivity contribution in [3.8, 4) is 11.5 Å². The second-order valence-corrected chi connectivity index (χ2v) is 10.6. The van der Waals surface area contributed by atoms with Crippen molar-refractivity contribution in [3.63, 3.8) is 0 Å². The maximum atomic E-state index is 12.9. The van der Waals surface area contributed by atoms with Crippen LogP contribution in [0.15, 0.2) is 71.9 Å². The third-order valence-corrected chi connectivity index (χ3v) is 8.15. The van der Waals surface area contributed by atoms with Crippen LogP contribution in [0.2, 0.25) is 0 Å². The summed E-state index contributed by atoms with van der Waals surface area (Å²) >= 11 is 2.22. The lowest BCUT2D eigenvalue weighted by Crippen LogP contribution is -2.28. The number of nitrogens with zero attached hydrogens (tertiary/aromatic N) is 2. The van der Waals surface area contributed by atoms with Crippen molar-refractivity contribution in [2.24, 2.45) is 28.8 Å². The molecule has 3 aromatic carbocycles. The lowest BCUT2D eigenvalue weighted by molar-refractivity contribution is -0.140. The highest BCUT2D eigenvalue weighted by Crippen LogP contribution is 2.52. The highest BCUT2D eigenvalue weighted by Gasteiger charge is 2.59. The number of benzene rings is 3. The molecule has 3 aliphatic rings. The lowest BCUT2D eigenvalue weighted by atomic mass is 9.85. The summed E-state index contributed by atoms with van der Waals surface area (Å²) < 4.78 is 13.0. The monoisotopic (exact) mass is 592 g/mol. The Morgan fingerprint density at radius 1 is 1.00 bits per heavy atom. The lowest BCUT2D eigenvalue weighted by Gasteiger charge is -2.16. The van der Waals surface area contributed by atoms with Gasteiger partial charge in [0.2, 0.25) is 0 Å².